The van der Waals surface area contributed by atoms with E-state index in [2.05, 4.69) is 0 Å². The highest BCUT2D eigenvalue weighted by Crippen LogP contribution is 2.22. The Balaban J connectivity index is 0.000000178. The number of phenolic OH excluding ortho intramolecular Hbond substituents is 2. The smallest absolute Gasteiger partial charge is 0.335 e. The lowest BCUT2D eigenvalue weighted by atomic mass is 10.1. The molecule has 0 atom stereocenters. The number of hydrogen-bond acceptors (Lipinski definition) is 3. The van der Waals surface area contributed by atoms with Gasteiger partial charge >= 0.3 is 5.97 Å². The van der Waals surface area contributed by atoms with Gasteiger partial charge in [0.25, 0.3) is 0 Å². The van der Waals surface area contributed by atoms with Crippen LogP contribution in [0.1, 0.15) is 32.6 Å². The number of hydrogen-bond donors (Lipinski definition) is 3. The molecule has 0 fully saturated rings. The highest BCUT2D eigenvalue weighted by atomic mass is 16.4. The number of aromatic carboxylic acids is 1. The van der Waals surface area contributed by atoms with E-state index in [0.717, 1.165) is 33.4 Å². The Hall–Kier alpha value is -4.05. The summed E-state index contributed by atoms with van der Waals surface area (Å²) in [4.78, 5) is 10.5. The van der Waals surface area contributed by atoms with Crippen molar-refractivity contribution in [3.05, 3.63) is 119 Å². The summed E-state index contributed by atoms with van der Waals surface area (Å²) < 4.78 is 0. The quantitative estimate of drug-likeness (QED) is 0.310. The first-order chi connectivity index (χ1) is 15.7. The van der Waals surface area contributed by atoms with E-state index in [9.17, 15) is 9.90 Å². The lowest BCUT2D eigenvalue weighted by Crippen LogP contribution is -1.99. The lowest BCUT2D eigenvalue weighted by Gasteiger charge is -2.00. The van der Waals surface area contributed by atoms with Crippen molar-refractivity contribution in [2.24, 2.45) is 0 Å². The Morgan fingerprint density at radius 2 is 1.21 bits per heavy atom. The topological polar surface area (TPSA) is 77.8 Å². The van der Waals surface area contributed by atoms with E-state index >= 15 is 0 Å². The fraction of sp³-hybridized carbons (Fsp3) is 0.138. The van der Waals surface area contributed by atoms with Crippen LogP contribution < -0.4 is 0 Å². The molecule has 33 heavy (non-hydrogen) atoms. The molecule has 0 amide bonds. The molecule has 4 heteroatoms. The molecule has 0 bridgehead atoms. The van der Waals surface area contributed by atoms with Gasteiger partial charge in [0.15, 0.2) is 0 Å². The van der Waals surface area contributed by atoms with Gasteiger partial charge in [-0.05, 0) is 79.8 Å². The monoisotopic (exact) mass is 442 g/mol. The van der Waals surface area contributed by atoms with Gasteiger partial charge in [0.1, 0.15) is 11.5 Å². The third kappa shape index (κ3) is 8.19. The Bertz CT molecular complexity index is 1200. The second-order valence-corrected chi connectivity index (χ2v) is 7.83. The number of benzene rings is 4. The Morgan fingerprint density at radius 3 is 1.76 bits per heavy atom. The van der Waals surface area contributed by atoms with Crippen molar-refractivity contribution >= 4 is 5.97 Å². The van der Waals surface area contributed by atoms with Crippen LogP contribution in [0, 0.1) is 27.7 Å². The normalized spacial score (nSPS) is 9.70. The third-order valence-corrected chi connectivity index (χ3v) is 4.93. The van der Waals surface area contributed by atoms with Gasteiger partial charge < -0.3 is 15.3 Å². The minimum absolute atomic E-state index is 0.307. The fourth-order valence-corrected chi connectivity index (χ4v) is 3.09. The van der Waals surface area contributed by atoms with Gasteiger partial charge in [0.2, 0.25) is 0 Å². The summed E-state index contributed by atoms with van der Waals surface area (Å²) in [5.41, 5.74) is 6.48. The van der Waals surface area contributed by atoms with E-state index in [1.54, 1.807) is 37.3 Å². The Morgan fingerprint density at radius 1 is 0.606 bits per heavy atom. The minimum atomic E-state index is -0.859. The summed E-state index contributed by atoms with van der Waals surface area (Å²) in [5, 5.41) is 27.0. The van der Waals surface area contributed by atoms with E-state index in [4.69, 9.17) is 10.2 Å². The van der Waals surface area contributed by atoms with Crippen LogP contribution in [0.15, 0.2) is 91.0 Å². The molecule has 0 saturated heterocycles. The molecule has 4 aromatic rings. The number of aromatic hydroxyl groups is 2. The minimum Gasteiger partial charge on any atom is -0.508 e. The van der Waals surface area contributed by atoms with Gasteiger partial charge in [0, 0.05) is 0 Å². The van der Waals surface area contributed by atoms with Gasteiger partial charge in [-0.3, -0.25) is 0 Å². The summed E-state index contributed by atoms with van der Waals surface area (Å²) in [5.74, 6) is -0.168. The first-order valence-electron chi connectivity index (χ1n) is 10.6. The van der Waals surface area contributed by atoms with E-state index in [1.807, 2.05) is 81.4 Å². The van der Waals surface area contributed by atoms with Crippen LogP contribution in [-0.2, 0) is 0 Å². The van der Waals surface area contributed by atoms with Crippen LogP contribution >= 0.6 is 0 Å². The van der Waals surface area contributed by atoms with Gasteiger partial charge in [0.05, 0.1) is 5.56 Å². The van der Waals surface area contributed by atoms with Crippen molar-refractivity contribution in [1.82, 2.24) is 0 Å². The van der Waals surface area contributed by atoms with Gasteiger partial charge in [-0.15, -0.1) is 0 Å². The van der Waals surface area contributed by atoms with Crippen molar-refractivity contribution < 1.29 is 20.1 Å². The first-order valence-corrected chi connectivity index (χ1v) is 10.6. The van der Waals surface area contributed by atoms with Crippen LogP contribution in [0.3, 0.4) is 0 Å². The average Bonchev–Trinajstić information content (AvgIpc) is 2.78. The van der Waals surface area contributed by atoms with Crippen molar-refractivity contribution in [2.75, 3.05) is 0 Å². The maximum Gasteiger partial charge on any atom is 0.335 e. The molecule has 0 saturated carbocycles. The average molecular weight is 443 g/mol. The molecular formula is C29H30O4. The number of phenols is 2. The van der Waals surface area contributed by atoms with E-state index in [1.165, 1.54) is 0 Å². The summed E-state index contributed by atoms with van der Waals surface area (Å²) in [6.45, 7) is 7.59. The van der Waals surface area contributed by atoms with Crippen LogP contribution in [0.4, 0.5) is 0 Å². The Kier molecular flexibility index (Phi) is 9.25. The van der Waals surface area contributed by atoms with E-state index in [0.29, 0.717) is 17.1 Å². The van der Waals surface area contributed by atoms with Gasteiger partial charge in [-0.2, -0.15) is 0 Å². The van der Waals surface area contributed by atoms with Crippen molar-refractivity contribution in [1.29, 1.82) is 0 Å². The maximum absolute atomic E-state index is 10.5. The Labute approximate surface area is 195 Å². The molecule has 0 radical (unpaired) electrons. The predicted molar refractivity (Wildman–Crippen MR) is 134 cm³/mol. The van der Waals surface area contributed by atoms with Crippen molar-refractivity contribution in [3.63, 3.8) is 0 Å². The largest absolute Gasteiger partial charge is 0.508 e. The molecule has 0 unspecified atom stereocenters. The summed E-state index contributed by atoms with van der Waals surface area (Å²) in [6.07, 6.45) is 0. The molecule has 0 aliphatic carbocycles. The van der Waals surface area contributed by atoms with Gasteiger partial charge in [-0.1, -0.05) is 72.3 Å². The van der Waals surface area contributed by atoms with Crippen LogP contribution in [-0.4, -0.2) is 21.3 Å². The molecule has 0 aliphatic heterocycles. The van der Waals surface area contributed by atoms with Gasteiger partial charge in [-0.25, -0.2) is 4.79 Å². The predicted octanol–water partition coefficient (Wildman–Crippen LogP) is 7.07. The van der Waals surface area contributed by atoms with Crippen LogP contribution in [0.5, 0.6) is 11.5 Å². The van der Waals surface area contributed by atoms with Crippen molar-refractivity contribution in [2.45, 2.75) is 27.7 Å². The third-order valence-electron chi connectivity index (χ3n) is 4.93. The van der Waals surface area contributed by atoms with Crippen LogP contribution in [0.2, 0.25) is 0 Å². The second kappa shape index (κ2) is 12.1. The standard InChI is InChI=1S/C12H10O.C9H10O2.C8H10O/c13-12-8-4-7-11(9-12)10-5-2-1-3-6-10;1-6-3-4-8(9(10)11)7(2)5-6;1-6-3-4-7(2)8(9)5-6/h1-9,13H;3-5H,1-2H3,(H,10,11);3-5,9H,1-2H3. The van der Waals surface area contributed by atoms with E-state index < -0.39 is 5.97 Å². The van der Waals surface area contributed by atoms with Crippen LogP contribution in [0.25, 0.3) is 11.1 Å². The number of carboxylic acids is 1. The zero-order valence-electron chi connectivity index (χ0n) is 19.4. The molecule has 4 rings (SSSR count). The number of carboxylic acid groups (broad SMARTS) is 1. The second-order valence-electron chi connectivity index (χ2n) is 7.83. The summed E-state index contributed by atoms with van der Waals surface area (Å²) in [7, 11) is 0. The maximum atomic E-state index is 10.5. The first kappa shape index (κ1) is 25.2. The lowest BCUT2D eigenvalue weighted by molar-refractivity contribution is 0.0696. The molecule has 4 nitrogen and oxygen atoms in total. The molecule has 0 aliphatic rings. The SMILES string of the molecule is Cc1ccc(C(=O)O)c(C)c1.Cc1ccc(C)c(O)c1.Oc1cccc(-c2ccccc2)c1. The summed E-state index contributed by atoms with van der Waals surface area (Å²) >= 11 is 0. The number of rotatable bonds is 2. The number of carbonyl (C=O) groups is 1. The number of aryl methyl sites for hydroxylation is 4. The zero-order chi connectivity index (χ0) is 24.4. The molecule has 4 aromatic carbocycles. The highest BCUT2D eigenvalue weighted by Gasteiger charge is 2.04. The highest BCUT2D eigenvalue weighted by molar-refractivity contribution is 5.89. The molecule has 0 aromatic heterocycles. The molecule has 3 N–H and O–H groups in total. The molecular weight excluding hydrogens is 412 g/mol. The zero-order valence-corrected chi connectivity index (χ0v) is 19.4. The molecule has 0 heterocycles. The van der Waals surface area contributed by atoms with Crippen molar-refractivity contribution in [3.8, 4) is 22.6 Å². The van der Waals surface area contributed by atoms with E-state index in [-0.39, 0.29) is 0 Å². The summed E-state index contributed by atoms with van der Waals surface area (Å²) in [6, 6.07) is 28.2. The molecule has 170 valence electrons. The molecule has 0 spiro atoms. The fourth-order valence-electron chi connectivity index (χ4n) is 3.09.